The Morgan fingerprint density at radius 2 is 1.25 bits per heavy atom. The zero-order chi connectivity index (χ0) is 32.2. The summed E-state index contributed by atoms with van der Waals surface area (Å²) in [6.45, 7) is 10.8. The molecule has 44 heavy (non-hydrogen) atoms. The largest absolute Gasteiger partial charge is 0.494 e. The van der Waals surface area contributed by atoms with E-state index in [-0.39, 0.29) is 19.8 Å². The zero-order valence-electron chi connectivity index (χ0n) is 28.5. The van der Waals surface area contributed by atoms with Crippen LogP contribution in [0.25, 0.3) is 0 Å². The number of nitrogens with one attached hydrogen (secondary N) is 1. The Labute approximate surface area is 267 Å². The first-order valence-corrected chi connectivity index (χ1v) is 17.2. The van der Waals surface area contributed by atoms with Gasteiger partial charge in [0.25, 0.3) is 0 Å². The molecule has 1 N–H and O–H groups in total. The van der Waals surface area contributed by atoms with Crippen LogP contribution in [0, 0.1) is 0 Å². The molecule has 1 atom stereocenters. The van der Waals surface area contributed by atoms with Gasteiger partial charge in [-0.05, 0) is 52.2 Å². The lowest BCUT2D eigenvalue weighted by Gasteiger charge is -2.32. The van der Waals surface area contributed by atoms with Crippen molar-refractivity contribution in [2.45, 2.75) is 130 Å². The van der Waals surface area contributed by atoms with E-state index in [1.165, 1.54) is 70.6 Å². The van der Waals surface area contributed by atoms with Gasteiger partial charge in [-0.25, -0.2) is 9.59 Å². The molecule has 0 saturated carbocycles. The average molecular weight is 614 g/mol. The first-order valence-electron chi connectivity index (χ1n) is 17.2. The second kappa shape index (κ2) is 21.8. The molecule has 0 aromatic heterocycles. The highest BCUT2D eigenvalue weighted by Crippen LogP contribution is 2.45. The van der Waals surface area contributed by atoms with E-state index in [0.29, 0.717) is 34.9 Å². The SMILES string of the molecule is CCCCCCCCCCCCCCCc1cccc(OCC)c1C1C(C(=O)OCC)=C(C)NC(C)=C1C(=O)OCCOC. The third-order valence-corrected chi connectivity index (χ3v) is 8.29. The van der Waals surface area contributed by atoms with Crippen molar-refractivity contribution in [3.63, 3.8) is 0 Å². The van der Waals surface area contributed by atoms with E-state index >= 15 is 0 Å². The van der Waals surface area contributed by atoms with E-state index in [0.717, 1.165) is 30.4 Å². The number of unbranched alkanes of at least 4 members (excludes halogenated alkanes) is 12. The molecule has 0 spiro atoms. The number of aryl methyl sites for hydroxylation is 1. The van der Waals surface area contributed by atoms with Gasteiger partial charge in [-0.3, -0.25) is 0 Å². The Bertz CT molecular complexity index is 1080. The summed E-state index contributed by atoms with van der Waals surface area (Å²) < 4.78 is 22.4. The number of ether oxygens (including phenoxy) is 4. The summed E-state index contributed by atoms with van der Waals surface area (Å²) in [6.07, 6.45) is 17.7. The van der Waals surface area contributed by atoms with Crippen molar-refractivity contribution in [3.8, 4) is 5.75 Å². The highest BCUT2D eigenvalue weighted by molar-refractivity contribution is 6.00. The van der Waals surface area contributed by atoms with Gasteiger partial charge in [0.15, 0.2) is 0 Å². The second-order valence-electron chi connectivity index (χ2n) is 11.7. The zero-order valence-corrected chi connectivity index (χ0v) is 28.5. The number of carbonyl (C=O) groups is 2. The number of rotatable bonds is 23. The molecular weight excluding hydrogens is 554 g/mol. The van der Waals surface area contributed by atoms with Crippen molar-refractivity contribution < 1.29 is 28.5 Å². The van der Waals surface area contributed by atoms with Gasteiger partial charge in [0.05, 0.1) is 36.9 Å². The van der Waals surface area contributed by atoms with Crippen LogP contribution in [0.2, 0.25) is 0 Å². The van der Waals surface area contributed by atoms with Crippen molar-refractivity contribution in [1.29, 1.82) is 0 Å². The van der Waals surface area contributed by atoms with E-state index in [9.17, 15) is 9.59 Å². The number of benzene rings is 1. The van der Waals surface area contributed by atoms with E-state index in [2.05, 4.69) is 18.3 Å². The molecule has 1 unspecified atom stereocenters. The van der Waals surface area contributed by atoms with Gasteiger partial charge in [0.2, 0.25) is 0 Å². The first kappa shape index (κ1) is 37.4. The minimum absolute atomic E-state index is 0.120. The number of hydrogen-bond acceptors (Lipinski definition) is 7. The van der Waals surface area contributed by atoms with Crippen LogP contribution in [0.3, 0.4) is 0 Å². The highest BCUT2D eigenvalue weighted by atomic mass is 16.6. The van der Waals surface area contributed by atoms with Crippen LogP contribution in [0.1, 0.15) is 135 Å². The predicted octanol–water partition coefficient (Wildman–Crippen LogP) is 8.71. The Morgan fingerprint density at radius 3 is 1.77 bits per heavy atom. The van der Waals surface area contributed by atoms with Crippen LogP contribution in [0.15, 0.2) is 40.7 Å². The molecule has 1 heterocycles. The molecule has 1 aliphatic rings. The molecule has 1 aromatic rings. The summed E-state index contributed by atoms with van der Waals surface area (Å²) in [6, 6.07) is 6.03. The van der Waals surface area contributed by atoms with Crippen LogP contribution in [-0.2, 0) is 30.2 Å². The monoisotopic (exact) mass is 613 g/mol. The molecule has 2 rings (SSSR count). The number of esters is 2. The summed E-state index contributed by atoms with van der Waals surface area (Å²) in [5.74, 6) is -0.929. The fourth-order valence-electron chi connectivity index (χ4n) is 6.08. The lowest BCUT2D eigenvalue weighted by atomic mass is 9.77. The number of hydrogen-bond donors (Lipinski definition) is 1. The first-order chi connectivity index (χ1) is 21.4. The molecule has 0 radical (unpaired) electrons. The quantitative estimate of drug-likeness (QED) is 0.0976. The van der Waals surface area contributed by atoms with Crippen molar-refractivity contribution in [2.75, 3.05) is 33.5 Å². The van der Waals surface area contributed by atoms with Crippen LogP contribution in [0.4, 0.5) is 0 Å². The minimum atomic E-state index is -0.676. The maximum atomic E-state index is 13.6. The van der Waals surface area contributed by atoms with Crippen molar-refractivity contribution in [3.05, 3.63) is 51.9 Å². The molecular formula is C37H59NO6. The van der Waals surface area contributed by atoms with Gasteiger partial charge in [0.1, 0.15) is 12.4 Å². The van der Waals surface area contributed by atoms with Crippen LogP contribution < -0.4 is 10.1 Å². The maximum absolute atomic E-state index is 13.6. The Balaban J connectivity index is 2.21. The fourth-order valence-corrected chi connectivity index (χ4v) is 6.08. The molecule has 1 aliphatic heterocycles. The topological polar surface area (TPSA) is 83.1 Å². The Morgan fingerprint density at radius 1 is 0.705 bits per heavy atom. The molecule has 7 heteroatoms. The number of carbonyl (C=O) groups excluding carboxylic acids is 2. The van der Waals surface area contributed by atoms with E-state index in [1.54, 1.807) is 14.0 Å². The molecule has 0 aliphatic carbocycles. The normalized spacial score (nSPS) is 14.9. The lowest BCUT2D eigenvalue weighted by Crippen LogP contribution is -2.33. The average Bonchev–Trinajstić information content (AvgIpc) is 2.99. The molecule has 7 nitrogen and oxygen atoms in total. The van der Waals surface area contributed by atoms with E-state index in [1.807, 2.05) is 32.9 Å². The van der Waals surface area contributed by atoms with Gasteiger partial charge in [-0.1, -0.05) is 96.1 Å². The summed E-state index contributed by atoms with van der Waals surface area (Å²) in [5.41, 5.74) is 4.05. The van der Waals surface area contributed by atoms with Crippen molar-refractivity contribution in [1.82, 2.24) is 5.32 Å². The van der Waals surface area contributed by atoms with E-state index in [4.69, 9.17) is 18.9 Å². The molecule has 0 fully saturated rings. The van der Waals surface area contributed by atoms with Gasteiger partial charge >= 0.3 is 11.9 Å². The second-order valence-corrected chi connectivity index (χ2v) is 11.7. The highest BCUT2D eigenvalue weighted by Gasteiger charge is 2.40. The molecule has 248 valence electrons. The summed E-state index contributed by atoms with van der Waals surface area (Å²) in [4.78, 5) is 27.0. The Kier molecular flexibility index (Phi) is 18.5. The van der Waals surface area contributed by atoms with Gasteiger partial charge < -0.3 is 24.3 Å². The van der Waals surface area contributed by atoms with Crippen LogP contribution in [0.5, 0.6) is 5.75 Å². The summed E-state index contributed by atoms with van der Waals surface area (Å²) in [5, 5.41) is 3.24. The molecule has 0 bridgehead atoms. The summed E-state index contributed by atoms with van der Waals surface area (Å²) >= 11 is 0. The smallest absolute Gasteiger partial charge is 0.336 e. The van der Waals surface area contributed by atoms with Crippen molar-refractivity contribution >= 4 is 11.9 Å². The number of methoxy groups -OCH3 is 1. The number of allylic oxidation sites excluding steroid dienone is 2. The third-order valence-electron chi connectivity index (χ3n) is 8.29. The lowest BCUT2D eigenvalue weighted by molar-refractivity contribution is -0.140. The fraction of sp³-hybridized carbons (Fsp3) is 0.676. The minimum Gasteiger partial charge on any atom is -0.494 e. The predicted molar refractivity (Wildman–Crippen MR) is 178 cm³/mol. The standard InChI is InChI=1S/C37H59NO6/c1-7-10-11-12-13-14-15-16-17-18-19-20-21-23-30-24-22-25-31(42-8-2)34(30)35-32(36(39)43-9-3)28(4)38-29(5)33(35)37(40)44-27-26-41-6/h22,24-25,35,38H,7-21,23,26-27H2,1-6H3. The van der Waals surface area contributed by atoms with Gasteiger partial charge in [0, 0.05) is 24.1 Å². The third kappa shape index (κ3) is 11.9. The van der Waals surface area contributed by atoms with Gasteiger partial charge in [-0.2, -0.15) is 0 Å². The Hall–Kier alpha value is -2.80. The van der Waals surface area contributed by atoms with E-state index < -0.39 is 17.9 Å². The number of dihydropyridines is 1. The molecule has 0 amide bonds. The summed E-state index contributed by atoms with van der Waals surface area (Å²) in [7, 11) is 1.56. The van der Waals surface area contributed by atoms with Crippen molar-refractivity contribution in [2.24, 2.45) is 0 Å². The van der Waals surface area contributed by atoms with Crippen LogP contribution in [-0.4, -0.2) is 45.5 Å². The molecule has 0 saturated heterocycles. The molecule has 1 aromatic carbocycles. The maximum Gasteiger partial charge on any atom is 0.336 e. The van der Waals surface area contributed by atoms with Gasteiger partial charge in [-0.15, -0.1) is 0 Å². The van der Waals surface area contributed by atoms with Crippen LogP contribution >= 0.6 is 0 Å².